The zero-order valence-electron chi connectivity index (χ0n) is 39.2. The van der Waals surface area contributed by atoms with Gasteiger partial charge in [-0.15, -0.1) is 0 Å². The van der Waals surface area contributed by atoms with Crippen LogP contribution < -0.4 is 16.2 Å². The van der Waals surface area contributed by atoms with Crippen molar-refractivity contribution < 1.29 is 37.7 Å². The first kappa shape index (κ1) is 51.6. The van der Waals surface area contributed by atoms with Gasteiger partial charge in [-0.25, -0.2) is 18.8 Å². The Hall–Kier alpha value is -5.06. The fourth-order valence-corrected chi connectivity index (χ4v) is 8.34. The fraction of sp³-hybridized carbons (Fsp3) is 0.500. The quantitative estimate of drug-likeness (QED) is 0.0349. The Morgan fingerprint density at radius 3 is 1.81 bits per heavy atom. The van der Waals surface area contributed by atoms with Crippen molar-refractivity contribution >= 4 is 17.9 Å². The van der Waals surface area contributed by atoms with Crippen LogP contribution in [-0.2, 0) is 47.9 Å². The number of halogens is 1. The molecule has 348 valence electrons. The van der Waals surface area contributed by atoms with Crippen LogP contribution in [-0.4, -0.2) is 57.4 Å². The lowest BCUT2D eigenvalue weighted by Gasteiger charge is -2.32. The van der Waals surface area contributed by atoms with E-state index in [4.69, 9.17) is 30.4 Å². The van der Waals surface area contributed by atoms with Crippen LogP contribution in [0.15, 0.2) is 85.0 Å². The number of unbranched alkanes of at least 4 members (excludes halogenated alkanes) is 2. The van der Waals surface area contributed by atoms with Gasteiger partial charge < -0.3 is 30.4 Å². The molecule has 3 aromatic carbocycles. The molecule has 4 N–H and O–H groups in total. The second-order valence-electron chi connectivity index (χ2n) is 17.9. The molecule has 1 aliphatic carbocycles. The predicted octanol–water partition coefficient (Wildman–Crippen LogP) is 11.1. The Bertz CT molecular complexity index is 2070. The van der Waals surface area contributed by atoms with Gasteiger partial charge in [-0.2, -0.15) is 0 Å². The minimum atomic E-state index is -1.12. The summed E-state index contributed by atoms with van der Waals surface area (Å²) in [6.07, 6.45) is 12.8. The first-order chi connectivity index (χ1) is 30.6. The number of esters is 3. The Balaban J connectivity index is 1.71. The summed E-state index contributed by atoms with van der Waals surface area (Å²) in [5, 5.41) is 0. The molecule has 0 spiro atoms. The smallest absolute Gasteiger partial charge is 0.333 e. The largest absolute Gasteiger partial charge is 0.492 e. The number of benzene rings is 3. The maximum atomic E-state index is 16.0. The second-order valence-corrected chi connectivity index (χ2v) is 17.9. The van der Waals surface area contributed by atoms with Gasteiger partial charge >= 0.3 is 17.9 Å². The van der Waals surface area contributed by atoms with Gasteiger partial charge in [-0.05, 0) is 154 Å². The highest BCUT2D eigenvalue weighted by Gasteiger charge is 2.35. The monoisotopic (exact) mass is 881 g/mol. The molecule has 1 saturated carbocycles. The molecule has 4 rings (SSSR count). The molecule has 0 radical (unpaired) electrons. The van der Waals surface area contributed by atoms with Crippen LogP contribution in [0.2, 0.25) is 0 Å². The Morgan fingerprint density at radius 2 is 1.27 bits per heavy atom. The Labute approximate surface area is 381 Å². The van der Waals surface area contributed by atoms with Gasteiger partial charge in [0.25, 0.3) is 0 Å². The minimum absolute atomic E-state index is 0.0436. The van der Waals surface area contributed by atoms with Gasteiger partial charge in [-0.3, -0.25) is 0 Å². The molecule has 64 heavy (non-hydrogen) atoms. The third-order valence-electron chi connectivity index (χ3n) is 12.4. The molecule has 0 aliphatic heterocycles. The number of aryl methyl sites for hydroxylation is 3. The molecular weight excluding hydrogens is 808 g/mol. The van der Waals surface area contributed by atoms with Gasteiger partial charge in [0.1, 0.15) is 31.4 Å². The van der Waals surface area contributed by atoms with Gasteiger partial charge in [-0.1, -0.05) is 89.6 Å². The van der Waals surface area contributed by atoms with Crippen molar-refractivity contribution in [3.05, 3.63) is 113 Å². The lowest BCUT2D eigenvalue weighted by atomic mass is 9.77. The summed E-state index contributed by atoms with van der Waals surface area (Å²) in [6, 6.07) is 16.1. The SMILES string of the molecule is C=C(C)C(=O)OCCCc1cc(-c2ccc(-c3ccc(C4CCC(CCCCC)CC4)cc3F)cc2CC)cc(CCCN)c1OCC(CN)(COC(=O)C(=C)C)COC(=O)C(=C)C. The van der Waals surface area contributed by atoms with E-state index in [2.05, 4.69) is 63.9 Å². The first-order valence-electron chi connectivity index (χ1n) is 23.2. The molecule has 0 heterocycles. The predicted molar refractivity (Wildman–Crippen MR) is 255 cm³/mol. The van der Waals surface area contributed by atoms with Crippen LogP contribution in [0.4, 0.5) is 4.39 Å². The highest BCUT2D eigenvalue weighted by Crippen LogP contribution is 2.41. The first-order valence-corrected chi connectivity index (χ1v) is 23.2. The van der Waals surface area contributed by atoms with Gasteiger partial charge in [0.05, 0.1) is 12.0 Å². The third kappa shape index (κ3) is 14.7. The lowest BCUT2D eigenvalue weighted by Crippen LogP contribution is -2.46. The maximum absolute atomic E-state index is 16.0. The van der Waals surface area contributed by atoms with Crippen LogP contribution in [0, 0.1) is 17.2 Å². The third-order valence-corrected chi connectivity index (χ3v) is 12.4. The van der Waals surface area contributed by atoms with E-state index in [1.165, 1.54) is 38.5 Å². The molecule has 1 fully saturated rings. The van der Waals surface area contributed by atoms with Crippen molar-refractivity contribution in [1.82, 2.24) is 0 Å². The molecule has 3 aromatic rings. The molecule has 0 atom stereocenters. The normalized spacial score (nSPS) is 15.0. The summed E-state index contributed by atoms with van der Waals surface area (Å²) >= 11 is 0. The van der Waals surface area contributed by atoms with E-state index in [9.17, 15) is 14.4 Å². The van der Waals surface area contributed by atoms with Crippen LogP contribution >= 0.6 is 0 Å². The van der Waals surface area contributed by atoms with E-state index in [0.29, 0.717) is 61.5 Å². The van der Waals surface area contributed by atoms with Gasteiger partial charge in [0.2, 0.25) is 0 Å². The average molecular weight is 881 g/mol. The molecular formula is C54H73FN2O7. The lowest BCUT2D eigenvalue weighted by molar-refractivity contribution is -0.150. The number of hydrogen-bond acceptors (Lipinski definition) is 9. The van der Waals surface area contributed by atoms with Gasteiger partial charge in [0.15, 0.2) is 0 Å². The summed E-state index contributed by atoms with van der Waals surface area (Å²) in [5.41, 5.74) is 19.3. The number of carbonyl (C=O) groups is 3. The zero-order chi connectivity index (χ0) is 46.8. The maximum Gasteiger partial charge on any atom is 0.333 e. The number of hydrogen-bond donors (Lipinski definition) is 2. The topological polar surface area (TPSA) is 140 Å². The summed E-state index contributed by atoms with van der Waals surface area (Å²) in [5.74, 6) is -0.0801. The van der Waals surface area contributed by atoms with Crippen molar-refractivity contribution in [3.63, 3.8) is 0 Å². The molecule has 0 bridgehead atoms. The van der Waals surface area contributed by atoms with Gasteiger partial charge in [0, 0.05) is 28.8 Å². The van der Waals surface area contributed by atoms with Crippen LogP contribution in [0.5, 0.6) is 5.75 Å². The van der Waals surface area contributed by atoms with E-state index in [-0.39, 0.29) is 49.9 Å². The van der Waals surface area contributed by atoms with Crippen molar-refractivity contribution in [2.24, 2.45) is 22.8 Å². The Morgan fingerprint density at radius 1 is 0.688 bits per heavy atom. The van der Waals surface area contributed by atoms with Crippen LogP contribution in [0.1, 0.15) is 127 Å². The van der Waals surface area contributed by atoms with Crippen molar-refractivity contribution in [1.29, 1.82) is 0 Å². The average Bonchev–Trinajstić information content (AvgIpc) is 3.29. The fourth-order valence-electron chi connectivity index (χ4n) is 8.34. The molecule has 0 amide bonds. The van der Waals surface area contributed by atoms with E-state index in [1.54, 1.807) is 26.8 Å². The molecule has 0 unspecified atom stereocenters. The highest BCUT2D eigenvalue weighted by atomic mass is 19.1. The Kier molecular flexibility index (Phi) is 20.5. The number of nitrogens with two attached hydrogens (primary N) is 2. The number of carbonyl (C=O) groups excluding carboxylic acids is 3. The van der Waals surface area contributed by atoms with Crippen molar-refractivity contribution in [2.45, 2.75) is 124 Å². The molecule has 9 nitrogen and oxygen atoms in total. The second kappa shape index (κ2) is 25.4. The summed E-state index contributed by atoms with van der Waals surface area (Å²) < 4.78 is 39.4. The van der Waals surface area contributed by atoms with Crippen molar-refractivity contribution in [3.8, 4) is 28.0 Å². The van der Waals surface area contributed by atoms with Crippen LogP contribution in [0.3, 0.4) is 0 Å². The molecule has 0 saturated heterocycles. The molecule has 0 aromatic heterocycles. The van der Waals surface area contributed by atoms with Crippen LogP contribution in [0.25, 0.3) is 22.3 Å². The summed E-state index contributed by atoms with van der Waals surface area (Å²) in [6.45, 7) is 20.2. The van der Waals surface area contributed by atoms with E-state index in [0.717, 1.165) is 57.7 Å². The molecule has 10 heteroatoms. The minimum Gasteiger partial charge on any atom is -0.492 e. The van der Waals surface area contributed by atoms with E-state index < -0.39 is 23.3 Å². The zero-order valence-corrected chi connectivity index (χ0v) is 39.2. The van der Waals surface area contributed by atoms with Crippen molar-refractivity contribution in [2.75, 3.05) is 39.5 Å². The van der Waals surface area contributed by atoms with E-state index in [1.807, 2.05) is 12.1 Å². The standard InChI is InChI=1S/C54H73FN2O7/c1-9-11-12-15-39-18-20-41(21-19-39)42-22-25-48(49(55)31-42)43-23-24-47(40(10-2)28-43)46-29-44(16-13-26-56)50(45(30-46)17-14-27-61-51(58)36(3)4)62-33-54(32-57,34-63-52(59)37(5)6)35-64-53(60)38(7)8/h22-25,28-31,39,41H,3,5,7,9-21,26-27,32-35,56-57H2,1-2,4,6,8H3. The molecule has 1 aliphatic rings. The summed E-state index contributed by atoms with van der Waals surface area (Å²) in [4.78, 5) is 37.4. The number of ether oxygens (including phenoxy) is 4. The number of rotatable bonds is 26. The highest BCUT2D eigenvalue weighted by molar-refractivity contribution is 5.88. The van der Waals surface area contributed by atoms with E-state index >= 15 is 4.39 Å². The summed E-state index contributed by atoms with van der Waals surface area (Å²) in [7, 11) is 0.